The summed E-state index contributed by atoms with van der Waals surface area (Å²) in [6.45, 7) is 0. The van der Waals surface area contributed by atoms with Crippen molar-refractivity contribution in [3.05, 3.63) is 106 Å². The molecule has 34 heavy (non-hydrogen) atoms. The molecule has 1 aliphatic heterocycles. The third kappa shape index (κ3) is 2.73. The molecular weight excluding hydrogens is 432 g/mol. The number of carbonyl (C=O) groups excluding carboxylic acids is 2. The minimum absolute atomic E-state index is 0.0257. The second-order valence-corrected chi connectivity index (χ2v) is 8.05. The molecule has 6 rings (SSSR count). The Morgan fingerprint density at radius 2 is 1.65 bits per heavy atom. The van der Waals surface area contributed by atoms with Crippen molar-refractivity contribution in [1.82, 2.24) is 4.40 Å². The van der Waals surface area contributed by atoms with Gasteiger partial charge in [-0.3, -0.25) is 9.20 Å². The van der Waals surface area contributed by atoms with Crippen LogP contribution < -0.4 is 10.9 Å². The lowest BCUT2D eigenvalue weighted by Gasteiger charge is -2.14. The highest BCUT2D eigenvalue weighted by molar-refractivity contribution is 6.11. The number of para-hydroxylation sites is 3. The predicted molar refractivity (Wildman–Crippen MR) is 127 cm³/mol. The van der Waals surface area contributed by atoms with Crippen molar-refractivity contribution >= 4 is 34.2 Å². The highest BCUT2D eigenvalue weighted by Crippen LogP contribution is 2.45. The summed E-state index contributed by atoms with van der Waals surface area (Å²) in [5.74, 6) is -1.82. The lowest BCUT2D eigenvalue weighted by molar-refractivity contribution is -0.116. The molecule has 1 atom stereocenters. The molecule has 1 N–H and O–H groups in total. The molecule has 5 aromatic rings. The number of nitrogens with one attached hydrogen (secondary N) is 1. The highest BCUT2D eigenvalue weighted by atomic mass is 16.5. The Balaban J connectivity index is 1.88. The van der Waals surface area contributed by atoms with Crippen molar-refractivity contribution < 1.29 is 18.7 Å². The van der Waals surface area contributed by atoms with Crippen LogP contribution in [0.5, 0.6) is 0 Å². The van der Waals surface area contributed by atoms with Gasteiger partial charge < -0.3 is 14.5 Å². The first-order valence-corrected chi connectivity index (χ1v) is 10.7. The molecule has 3 heterocycles. The van der Waals surface area contributed by atoms with Crippen molar-refractivity contribution in [2.75, 3.05) is 12.4 Å². The maximum atomic E-state index is 13.3. The van der Waals surface area contributed by atoms with Gasteiger partial charge in [0.1, 0.15) is 5.52 Å². The molecule has 1 aliphatic rings. The van der Waals surface area contributed by atoms with E-state index in [-0.39, 0.29) is 17.0 Å². The normalized spacial score (nSPS) is 14.9. The van der Waals surface area contributed by atoms with Crippen LogP contribution in [0, 0.1) is 0 Å². The molecular formula is C27H18N2O5. The number of ether oxygens (including phenoxy) is 1. The fraction of sp³-hybridized carbons (Fsp3) is 0.0741. The first-order chi connectivity index (χ1) is 16.6. The van der Waals surface area contributed by atoms with Crippen molar-refractivity contribution in [1.29, 1.82) is 0 Å². The van der Waals surface area contributed by atoms with E-state index >= 15 is 0 Å². The van der Waals surface area contributed by atoms with E-state index in [4.69, 9.17) is 9.15 Å². The summed E-state index contributed by atoms with van der Waals surface area (Å²) in [4.78, 5) is 39.8. The summed E-state index contributed by atoms with van der Waals surface area (Å²) in [7, 11) is 1.25. The molecule has 2 aromatic heterocycles. The zero-order valence-electron chi connectivity index (χ0n) is 18.1. The standard InChI is InChI=1S/C27H18N2O5/c1-33-26(31)22-21(20-16-11-5-6-12-17(16)28-25(20)30)23(15-9-3-2-4-10-15)29-18-13-7-8-14-19(18)34-27(32)24(22)29/h2-14,20H,1H3,(H,28,30)/t20-/m1/s1. The topological polar surface area (TPSA) is 90.0 Å². The average Bonchev–Trinajstić information content (AvgIpc) is 3.38. The van der Waals surface area contributed by atoms with Gasteiger partial charge >= 0.3 is 11.6 Å². The Morgan fingerprint density at radius 3 is 2.44 bits per heavy atom. The van der Waals surface area contributed by atoms with Gasteiger partial charge in [-0.05, 0) is 29.3 Å². The summed E-state index contributed by atoms with van der Waals surface area (Å²) in [6.07, 6.45) is 0. The van der Waals surface area contributed by atoms with E-state index in [1.807, 2.05) is 66.7 Å². The first kappa shape index (κ1) is 20.0. The number of rotatable bonds is 3. The fourth-order valence-electron chi connectivity index (χ4n) is 4.87. The Bertz CT molecular complexity index is 1680. The summed E-state index contributed by atoms with van der Waals surface area (Å²) in [5, 5.41) is 2.90. The first-order valence-electron chi connectivity index (χ1n) is 10.7. The second-order valence-electron chi connectivity index (χ2n) is 8.05. The maximum Gasteiger partial charge on any atom is 0.361 e. The van der Waals surface area contributed by atoms with Crippen LogP contribution in [0.3, 0.4) is 0 Å². The van der Waals surface area contributed by atoms with E-state index in [0.29, 0.717) is 28.0 Å². The number of hydrogen-bond acceptors (Lipinski definition) is 5. The van der Waals surface area contributed by atoms with Gasteiger partial charge in [0, 0.05) is 11.3 Å². The van der Waals surface area contributed by atoms with Crippen molar-refractivity contribution in [2.45, 2.75) is 5.92 Å². The van der Waals surface area contributed by atoms with E-state index < -0.39 is 17.5 Å². The molecule has 0 spiro atoms. The molecule has 3 aromatic carbocycles. The van der Waals surface area contributed by atoms with Crippen molar-refractivity contribution in [2.24, 2.45) is 0 Å². The summed E-state index contributed by atoms with van der Waals surface area (Å²) < 4.78 is 12.4. The number of amides is 1. The summed E-state index contributed by atoms with van der Waals surface area (Å²) in [6, 6.07) is 23.8. The van der Waals surface area contributed by atoms with Crippen molar-refractivity contribution in [3.8, 4) is 11.3 Å². The average molecular weight is 450 g/mol. The monoisotopic (exact) mass is 450 g/mol. The van der Waals surface area contributed by atoms with Gasteiger partial charge in [0.05, 0.1) is 29.8 Å². The third-order valence-electron chi connectivity index (χ3n) is 6.23. The van der Waals surface area contributed by atoms with Gasteiger partial charge in [0.25, 0.3) is 0 Å². The SMILES string of the molecule is COC(=O)c1c([C@@H]2C(=O)Nc3ccccc32)c(-c2ccccc2)n2c1c(=O)oc1ccccc12. The molecule has 0 unspecified atom stereocenters. The zero-order valence-corrected chi connectivity index (χ0v) is 18.1. The van der Waals surface area contributed by atoms with Crippen LogP contribution in [0.25, 0.3) is 27.9 Å². The highest BCUT2D eigenvalue weighted by Gasteiger charge is 2.40. The van der Waals surface area contributed by atoms with Crippen LogP contribution in [0.4, 0.5) is 5.69 Å². The minimum Gasteiger partial charge on any atom is -0.465 e. The number of esters is 1. The number of fused-ring (bicyclic) bond motifs is 4. The Labute approximate surface area is 193 Å². The van der Waals surface area contributed by atoms with Crippen LogP contribution in [-0.2, 0) is 9.53 Å². The second kappa shape index (κ2) is 7.45. The minimum atomic E-state index is -0.821. The van der Waals surface area contributed by atoms with Crippen molar-refractivity contribution in [3.63, 3.8) is 0 Å². The molecule has 0 saturated carbocycles. The van der Waals surface area contributed by atoms with E-state index in [1.165, 1.54) is 7.11 Å². The Hall–Kier alpha value is -4.65. The van der Waals surface area contributed by atoms with Gasteiger partial charge in [0.2, 0.25) is 5.91 Å². The quantitative estimate of drug-likeness (QED) is 0.406. The molecule has 0 radical (unpaired) electrons. The van der Waals surface area contributed by atoms with Gasteiger partial charge in [-0.1, -0.05) is 60.7 Å². The Kier molecular flexibility index (Phi) is 4.38. The lowest BCUT2D eigenvalue weighted by atomic mass is 9.87. The van der Waals surface area contributed by atoms with E-state index in [1.54, 1.807) is 16.5 Å². The largest absolute Gasteiger partial charge is 0.465 e. The Morgan fingerprint density at radius 1 is 0.941 bits per heavy atom. The number of carbonyl (C=O) groups is 2. The van der Waals surface area contributed by atoms with Crippen LogP contribution in [-0.4, -0.2) is 23.4 Å². The smallest absolute Gasteiger partial charge is 0.361 e. The molecule has 7 heteroatoms. The number of hydrogen-bond donors (Lipinski definition) is 1. The molecule has 0 bridgehead atoms. The lowest BCUT2D eigenvalue weighted by Crippen LogP contribution is -2.17. The zero-order chi connectivity index (χ0) is 23.4. The third-order valence-corrected chi connectivity index (χ3v) is 6.23. The summed E-state index contributed by atoms with van der Waals surface area (Å²) in [5.41, 5.74) is 3.45. The van der Waals surface area contributed by atoms with E-state index in [2.05, 4.69) is 5.32 Å². The number of nitrogens with zero attached hydrogens (tertiary/aromatic N) is 1. The molecule has 166 valence electrons. The molecule has 0 fully saturated rings. The van der Waals surface area contributed by atoms with Crippen LogP contribution in [0.15, 0.2) is 88.1 Å². The van der Waals surface area contributed by atoms with Crippen LogP contribution in [0.2, 0.25) is 0 Å². The summed E-state index contributed by atoms with van der Waals surface area (Å²) >= 11 is 0. The molecule has 7 nitrogen and oxygen atoms in total. The van der Waals surface area contributed by atoms with E-state index in [0.717, 1.165) is 11.1 Å². The number of anilines is 1. The van der Waals surface area contributed by atoms with E-state index in [9.17, 15) is 14.4 Å². The van der Waals surface area contributed by atoms with Gasteiger partial charge in [-0.15, -0.1) is 0 Å². The predicted octanol–water partition coefficient (Wildman–Crippen LogP) is 4.58. The van der Waals surface area contributed by atoms with Gasteiger partial charge in [-0.2, -0.15) is 0 Å². The van der Waals surface area contributed by atoms with Crippen LogP contribution >= 0.6 is 0 Å². The number of benzene rings is 3. The maximum absolute atomic E-state index is 13.3. The van der Waals surface area contributed by atoms with Gasteiger partial charge in [-0.25, -0.2) is 9.59 Å². The molecule has 0 aliphatic carbocycles. The fourth-order valence-corrected chi connectivity index (χ4v) is 4.87. The van der Waals surface area contributed by atoms with Crippen LogP contribution in [0.1, 0.15) is 27.4 Å². The number of methoxy groups -OCH3 is 1. The molecule has 0 saturated heterocycles. The van der Waals surface area contributed by atoms with Gasteiger partial charge in [0.15, 0.2) is 5.58 Å². The number of aromatic nitrogens is 1. The molecule has 1 amide bonds.